The third-order valence-corrected chi connectivity index (χ3v) is 1.79. The van der Waals surface area contributed by atoms with Crippen molar-refractivity contribution in [3.63, 3.8) is 0 Å². The molecule has 0 heterocycles. The molecule has 0 amide bonds. The van der Waals surface area contributed by atoms with E-state index in [-0.39, 0.29) is 5.41 Å². The van der Waals surface area contributed by atoms with E-state index in [9.17, 15) is 4.79 Å². The zero-order chi connectivity index (χ0) is 8.48. The maximum atomic E-state index is 10.5. The van der Waals surface area contributed by atoms with Crippen molar-refractivity contribution in [1.29, 1.82) is 0 Å². The van der Waals surface area contributed by atoms with Crippen LogP contribution in [0.15, 0.2) is 11.6 Å². The average Bonchev–Trinajstić information content (AvgIpc) is 2.54. The highest BCUT2D eigenvalue weighted by Gasteiger charge is 2.34. The van der Waals surface area contributed by atoms with Crippen molar-refractivity contribution >= 4 is 6.16 Å². The smallest absolute Gasteiger partial charge is 0.438 e. The number of rotatable bonds is 2. The Morgan fingerprint density at radius 1 is 1.64 bits per heavy atom. The molecule has 0 unspecified atom stereocenters. The van der Waals surface area contributed by atoms with Gasteiger partial charge in [0.1, 0.15) is 6.61 Å². The fraction of sp³-hybridized carbons (Fsp3) is 0.625. The summed E-state index contributed by atoms with van der Waals surface area (Å²) in [6.07, 6.45) is 1.45. The summed E-state index contributed by atoms with van der Waals surface area (Å²) in [4.78, 5) is 10.5. The normalized spacial score (nSPS) is 18.6. The van der Waals surface area contributed by atoms with Gasteiger partial charge in [0.15, 0.2) is 0 Å². The molecule has 0 spiro atoms. The Morgan fingerprint density at radius 2 is 2.18 bits per heavy atom. The molecule has 0 bridgehead atoms. The summed E-state index contributed by atoms with van der Waals surface area (Å²) in [5, 5.41) is 0. The Hall–Kier alpha value is -0.990. The standard InChI is InChI=1S/C8H12O3/c1-8(2)4-6(8)5-11-7(9)10-3/h4H,5H2,1-3H3. The molecule has 0 aromatic heterocycles. The van der Waals surface area contributed by atoms with Crippen LogP contribution in [0.1, 0.15) is 13.8 Å². The minimum absolute atomic E-state index is 0.161. The van der Waals surface area contributed by atoms with Crippen LogP contribution in [0.25, 0.3) is 0 Å². The molecule has 0 aromatic rings. The molecule has 1 aliphatic carbocycles. The van der Waals surface area contributed by atoms with Gasteiger partial charge in [0, 0.05) is 5.41 Å². The van der Waals surface area contributed by atoms with Gasteiger partial charge in [-0.15, -0.1) is 0 Å². The minimum Gasteiger partial charge on any atom is -0.438 e. The second-order valence-corrected chi connectivity index (χ2v) is 3.13. The molecule has 1 rings (SSSR count). The molecule has 3 nitrogen and oxygen atoms in total. The number of allylic oxidation sites excluding steroid dienone is 1. The first-order valence-corrected chi connectivity index (χ1v) is 3.49. The Balaban J connectivity index is 2.16. The van der Waals surface area contributed by atoms with Crippen LogP contribution in [0.3, 0.4) is 0 Å². The second-order valence-electron chi connectivity index (χ2n) is 3.13. The van der Waals surface area contributed by atoms with Crippen LogP contribution in [-0.2, 0) is 9.47 Å². The van der Waals surface area contributed by atoms with Crippen LogP contribution in [0.2, 0.25) is 0 Å². The lowest BCUT2D eigenvalue weighted by molar-refractivity contribution is 0.0795. The number of hydrogen-bond donors (Lipinski definition) is 0. The highest BCUT2D eigenvalue weighted by molar-refractivity contribution is 5.60. The number of hydrogen-bond acceptors (Lipinski definition) is 3. The van der Waals surface area contributed by atoms with E-state index >= 15 is 0 Å². The fourth-order valence-electron chi connectivity index (χ4n) is 0.823. The van der Waals surface area contributed by atoms with Gasteiger partial charge >= 0.3 is 6.16 Å². The Morgan fingerprint density at radius 3 is 2.55 bits per heavy atom. The van der Waals surface area contributed by atoms with Gasteiger partial charge in [0.25, 0.3) is 0 Å². The first-order chi connectivity index (χ1) is 5.06. The molecular weight excluding hydrogens is 144 g/mol. The van der Waals surface area contributed by atoms with Gasteiger partial charge in [0.2, 0.25) is 0 Å². The van der Waals surface area contributed by atoms with E-state index in [2.05, 4.69) is 24.7 Å². The number of carbonyl (C=O) groups is 1. The van der Waals surface area contributed by atoms with Crippen LogP contribution < -0.4 is 0 Å². The Kier molecular flexibility index (Phi) is 1.89. The fourth-order valence-corrected chi connectivity index (χ4v) is 0.823. The predicted molar refractivity (Wildman–Crippen MR) is 40.2 cm³/mol. The monoisotopic (exact) mass is 156 g/mol. The zero-order valence-electron chi connectivity index (χ0n) is 7.01. The number of methoxy groups -OCH3 is 1. The highest BCUT2D eigenvalue weighted by atomic mass is 16.7. The molecular formula is C8H12O3. The summed E-state index contributed by atoms with van der Waals surface area (Å²) >= 11 is 0. The van der Waals surface area contributed by atoms with Crippen LogP contribution in [-0.4, -0.2) is 19.9 Å². The van der Waals surface area contributed by atoms with E-state index in [1.807, 2.05) is 0 Å². The molecule has 3 heteroatoms. The molecule has 0 saturated heterocycles. The number of carbonyl (C=O) groups excluding carboxylic acids is 1. The van der Waals surface area contributed by atoms with Gasteiger partial charge in [0.05, 0.1) is 7.11 Å². The van der Waals surface area contributed by atoms with Crippen molar-refractivity contribution < 1.29 is 14.3 Å². The average molecular weight is 156 g/mol. The first kappa shape index (κ1) is 8.11. The summed E-state index contributed by atoms with van der Waals surface area (Å²) in [6.45, 7) is 4.51. The van der Waals surface area contributed by atoms with Crippen LogP contribution in [0.4, 0.5) is 4.79 Å². The van der Waals surface area contributed by atoms with Gasteiger partial charge in [-0.05, 0) is 5.57 Å². The predicted octanol–water partition coefficient (Wildman–Crippen LogP) is 1.74. The maximum Gasteiger partial charge on any atom is 0.508 e. The minimum atomic E-state index is -0.617. The molecule has 11 heavy (non-hydrogen) atoms. The number of ether oxygens (including phenoxy) is 2. The molecule has 0 aliphatic heterocycles. The van der Waals surface area contributed by atoms with E-state index < -0.39 is 6.16 Å². The molecule has 0 atom stereocenters. The molecule has 1 aliphatic rings. The van der Waals surface area contributed by atoms with Crippen LogP contribution >= 0.6 is 0 Å². The summed E-state index contributed by atoms with van der Waals surface area (Å²) in [5.41, 5.74) is 1.32. The molecule has 0 radical (unpaired) electrons. The van der Waals surface area contributed by atoms with E-state index in [0.29, 0.717) is 6.61 Å². The molecule has 62 valence electrons. The highest BCUT2D eigenvalue weighted by Crippen LogP contribution is 2.42. The summed E-state index contributed by atoms with van der Waals surface area (Å²) < 4.78 is 9.03. The lowest BCUT2D eigenvalue weighted by atomic mass is 10.1. The molecule has 0 saturated carbocycles. The maximum absolute atomic E-state index is 10.5. The Labute approximate surface area is 66.0 Å². The van der Waals surface area contributed by atoms with Crippen molar-refractivity contribution in [2.75, 3.05) is 13.7 Å². The summed E-state index contributed by atoms with van der Waals surface area (Å²) in [7, 11) is 1.30. The molecule has 0 fully saturated rings. The van der Waals surface area contributed by atoms with E-state index in [1.54, 1.807) is 0 Å². The van der Waals surface area contributed by atoms with Gasteiger partial charge < -0.3 is 9.47 Å². The van der Waals surface area contributed by atoms with E-state index in [0.717, 1.165) is 5.57 Å². The van der Waals surface area contributed by atoms with Crippen molar-refractivity contribution in [1.82, 2.24) is 0 Å². The van der Waals surface area contributed by atoms with Crippen molar-refractivity contribution in [2.45, 2.75) is 13.8 Å². The second kappa shape index (κ2) is 2.57. The largest absolute Gasteiger partial charge is 0.508 e. The lowest BCUT2D eigenvalue weighted by Crippen LogP contribution is -2.06. The Bertz CT molecular complexity index is 203. The van der Waals surface area contributed by atoms with Gasteiger partial charge in [-0.25, -0.2) is 4.79 Å². The van der Waals surface area contributed by atoms with Crippen molar-refractivity contribution in [3.05, 3.63) is 11.6 Å². The van der Waals surface area contributed by atoms with Gasteiger partial charge in [-0.1, -0.05) is 19.9 Å². The molecule has 0 aromatic carbocycles. The van der Waals surface area contributed by atoms with Gasteiger partial charge in [-0.2, -0.15) is 0 Å². The van der Waals surface area contributed by atoms with Crippen LogP contribution in [0, 0.1) is 5.41 Å². The summed E-state index contributed by atoms with van der Waals surface area (Å²) in [5.74, 6) is 0. The topological polar surface area (TPSA) is 35.5 Å². The van der Waals surface area contributed by atoms with E-state index in [1.165, 1.54) is 7.11 Å². The SMILES string of the molecule is COC(=O)OCC1=CC1(C)C. The quantitative estimate of drug-likeness (QED) is 0.451. The summed E-state index contributed by atoms with van der Waals surface area (Å²) in [6, 6.07) is 0. The van der Waals surface area contributed by atoms with E-state index in [4.69, 9.17) is 4.74 Å². The molecule has 0 N–H and O–H groups in total. The first-order valence-electron chi connectivity index (χ1n) is 3.49. The van der Waals surface area contributed by atoms with Crippen LogP contribution in [0.5, 0.6) is 0 Å². The third kappa shape index (κ3) is 1.97. The van der Waals surface area contributed by atoms with Gasteiger partial charge in [-0.3, -0.25) is 0 Å². The zero-order valence-corrected chi connectivity index (χ0v) is 7.01. The van der Waals surface area contributed by atoms with Crippen molar-refractivity contribution in [3.8, 4) is 0 Å². The van der Waals surface area contributed by atoms with Crippen molar-refractivity contribution in [2.24, 2.45) is 5.41 Å². The lowest BCUT2D eigenvalue weighted by Gasteiger charge is -2.04. The third-order valence-electron chi connectivity index (χ3n) is 1.79.